The van der Waals surface area contributed by atoms with E-state index < -0.39 is 0 Å². The van der Waals surface area contributed by atoms with Crippen LogP contribution in [0, 0.1) is 5.92 Å². The number of rotatable bonds is 7. The van der Waals surface area contributed by atoms with Crippen molar-refractivity contribution in [1.82, 2.24) is 15.5 Å². The third-order valence-corrected chi connectivity index (χ3v) is 4.33. The number of nitrogens with one attached hydrogen (secondary N) is 2. The molecule has 5 nitrogen and oxygen atoms in total. The number of aliphatic imine (C=N–C) groups is 1. The molecular formula is C19H30N4O. The van der Waals surface area contributed by atoms with Gasteiger partial charge in [-0.1, -0.05) is 38.1 Å². The van der Waals surface area contributed by atoms with Gasteiger partial charge in [-0.3, -0.25) is 9.79 Å². The Hall–Kier alpha value is -2.04. The van der Waals surface area contributed by atoms with Gasteiger partial charge in [0, 0.05) is 39.6 Å². The quantitative estimate of drug-likeness (QED) is 0.597. The Bertz CT molecular complexity index is 568. The van der Waals surface area contributed by atoms with Crippen LogP contribution in [0.4, 0.5) is 0 Å². The molecule has 0 bridgehead atoms. The van der Waals surface area contributed by atoms with Crippen molar-refractivity contribution in [1.29, 1.82) is 0 Å². The number of hydrogen-bond donors (Lipinski definition) is 2. The average Bonchev–Trinajstić information content (AvgIpc) is 2.96. The first-order valence-corrected chi connectivity index (χ1v) is 8.89. The Kier molecular flexibility index (Phi) is 7.09. The molecule has 5 heteroatoms. The molecule has 0 saturated carbocycles. The molecule has 1 aromatic carbocycles. The lowest BCUT2D eigenvalue weighted by atomic mass is 10.1. The fourth-order valence-electron chi connectivity index (χ4n) is 2.84. The minimum Gasteiger partial charge on any atom is -0.356 e. The summed E-state index contributed by atoms with van der Waals surface area (Å²) in [5.41, 5.74) is 2.42. The van der Waals surface area contributed by atoms with Crippen molar-refractivity contribution in [2.24, 2.45) is 10.9 Å². The van der Waals surface area contributed by atoms with Crippen molar-refractivity contribution in [2.75, 3.05) is 20.1 Å². The third kappa shape index (κ3) is 5.55. The van der Waals surface area contributed by atoms with Crippen molar-refractivity contribution in [2.45, 2.75) is 46.2 Å². The normalized spacial score (nSPS) is 15.2. The summed E-state index contributed by atoms with van der Waals surface area (Å²) in [7, 11) is 1.79. The molecule has 1 heterocycles. The highest BCUT2D eigenvalue weighted by molar-refractivity contribution is 5.79. The van der Waals surface area contributed by atoms with E-state index >= 15 is 0 Å². The Labute approximate surface area is 145 Å². The zero-order valence-electron chi connectivity index (χ0n) is 15.1. The highest BCUT2D eigenvalue weighted by Crippen LogP contribution is 2.17. The van der Waals surface area contributed by atoms with E-state index in [1.807, 2.05) is 17.0 Å². The van der Waals surface area contributed by atoms with Gasteiger partial charge in [0.05, 0.1) is 0 Å². The molecule has 0 radical (unpaired) electrons. The molecule has 1 saturated heterocycles. The minimum absolute atomic E-state index is 0.268. The number of likely N-dealkylation sites (tertiary alicyclic amines) is 1. The van der Waals surface area contributed by atoms with Gasteiger partial charge in [-0.05, 0) is 29.9 Å². The first-order valence-electron chi connectivity index (χ1n) is 8.89. The number of hydrogen-bond acceptors (Lipinski definition) is 2. The number of carbonyl (C=O) groups is 1. The van der Waals surface area contributed by atoms with Gasteiger partial charge in [0.25, 0.3) is 0 Å². The topological polar surface area (TPSA) is 56.7 Å². The number of nitrogens with zero attached hydrogens (tertiary/aromatic N) is 2. The summed E-state index contributed by atoms with van der Waals surface area (Å²) in [6.45, 7) is 7.64. The van der Waals surface area contributed by atoms with E-state index in [0.717, 1.165) is 31.9 Å². The first kappa shape index (κ1) is 18.3. The van der Waals surface area contributed by atoms with Crippen molar-refractivity contribution < 1.29 is 4.79 Å². The van der Waals surface area contributed by atoms with Crippen LogP contribution >= 0.6 is 0 Å². The molecule has 0 aliphatic carbocycles. The van der Waals surface area contributed by atoms with E-state index in [9.17, 15) is 4.79 Å². The smallest absolute Gasteiger partial charge is 0.222 e. The molecule has 2 rings (SSSR count). The number of carbonyl (C=O) groups excluding carboxylic acids is 1. The van der Waals surface area contributed by atoms with E-state index in [0.29, 0.717) is 25.4 Å². The zero-order chi connectivity index (χ0) is 17.4. The Balaban J connectivity index is 1.90. The first-order chi connectivity index (χ1) is 11.6. The van der Waals surface area contributed by atoms with Crippen molar-refractivity contribution in [3.8, 4) is 0 Å². The lowest BCUT2D eigenvalue weighted by Gasteiger charge is -2.19. The molecule has 0 unspecified atom stereocenters. The molecule has 24 heavy (non-hydrogen) atoms. The fourth-order valence-corrected chi connectivity index (χ4v) is 2.84. The van der Waals surface area contributed by atoms with Gasteiger partial charge in [0.2, 0.25) is 5.91 Å². The molecule has 1 fully saturated rings. The second-order valence-electron chi connectivity index (χ2n) is 6.72. The van der Waals surface area contributed by atoms with Gasteiger partial charge >= 0.3 is 0 Å². The Morgan fingerprint density at radius 2 is 2.00 bits per heavy atom. The van der Waals surface area contributed by atoms with Gasteiger partial charge in [-0.2, -0.15) is 0 Å². The van der Waals surface area contributed by atoms with E-state index in [4.69, 9.17) is 0 Å². The molecule has 0 atom stereocenters. The molecule has 0 aromatic heterocycles. The lowest BCUT2D eigenvalue weighted by molar-refractivity contribution is -0.128. The standard InChI is InChI=1S/C19H30N4O/c1-15(2)10-11-21-19(20-3)22-13-16-7-4-5-8-17(16)14-23-12-6-9-18(23)24/h4-5,7-8,15H,6,9-14H2,1-3H3,(H2,20,21,22). The highest BCUT2D eigenvalue weighted by Gasteiger charge is 2.20. The predicted octanol–water partition coefficient (Wildman–Crippen LogP) is 2.52. The van der Waals surface area contributed by atoms with Crippen LogP contribution in [0.25, 0.3) is 0 Å². The summed E-state index contributed by atoms with van der Waals surface area (Å²) in [5.74, 6) is 1.76. The maximum Gasteiger partial charge on any atom is 0.222 e. The SMILES string of the molecule is CN=C(NCCC(C)C)NCc1ccccc1CN1CCCC1=O. The summed E-state index contributed by atoms with van der Waals surface area (Å²) < 4.78 is 0. The lowest BCUT2D eigenvalue weighted by Crippen LogP contribution is -2.38. The van der Waals surface area contributed by atoms with Gasteiger partial charge < -0.3 is 15.5 Å². The van der Waals surface area contributed by atoms with Crippen LogP contribution in [0.3, 0.4) is 0 Å². The predicted molar refractivity (Wildman–Crippen MR) is 98.7 cm³/mol. The second kappa shape index (κ2) is 9.30. The number of benzene rings is 1. The van der Waals surface area contributed by atoms with Gasteiger partial charge in [0.1, 0.15) is 0 Å². The van der Waals surface area contributed by atoms with Crippen molar-refractivity contribution in [3.63, 3.8) is 0 Å². The number of guanidine groups is 1. The maximum absolute atomic E-state index is 11.9. The largest absolute Gasteiger partial charge is 0.356 e. The highest BCUT2D eigenvalue weighted by atomic mass is 16.2. The van der Waals surface area contributed by atoms with Gasteiger partial charge in [-0.15, -0.1) is 0 Å². The maximum atomic E-state index is 11.9. The van der Waals surface area contributed by atoms with E-state index in [2.05, 4.69) is 41.6 Å². The third-order valence-electron chi connectivity index (χ3n) is 4.33. The van der Waals surface area contributed by atoms with Crippen LogP contribution in [0.2, 0.25) is 0 Å². The summed E-state index contributed by atoms with van der Waals surface area (Å²) in [4.78, 5) is 18.1. The van der Waals surface area contributed by atoms with E-state index in [1.165, 1.54) is 11.1 Å². The molecule has 0 spiro atoms. The van der Waals surface area contributed by atoms with Crippen LogP contribution in [-0.2, 0) is 17.9 Å². The minimum atomic E-state index is 0.268. The molecule has 1 amide bonds. The monoisotopic (exact) mass is 330 g/mol. The summed E-state index contributed by atoms with van der Waals surface area (Å²) in [6, 6.07) is 8.30. The van der Waals surface area contributed by atoms with Crippen LogP contribution in [-0.4, -0.2) is 36.9 Å². The van der Waals surface area contributed by atoms with Gasteiger partial charge in [0.15, 0.2) is 5.96 Å². The van der Waals surface area contributed by atoms with E-state index in [-0.39, 0.29) is 5.91 Å². The Morgan fingerprint density at radius 3 is 2.62 bits per heavy atom. The average molecular weight is 330 g/mol. The molecule has 2 N–H and O–H groups in total. The molecular weight excluding hydrogens is 300 g/mol. The van der Waals surface area contributed by atoms with Gasteiger partial charge in [-0.25, -0.2) is 0 Å². The van der Waals surface area contributed by atoms with Crippen molar-refractivity contribution in [3.05, 3.63) is 35.4 Å². The molecule has 1 aliphatic heterocycles. The molecule has 132 valence electrons. The Morgan fingerprint density at radius 1 is 1.25 bits per heavy atom. The fraction of sp³-hybridized carbons (Fsp3) is 0.579. The summed E-state index contributed by atoms with van der Waals surface area (Å²) in [5, 5.41) is 6.72. The molecule has 1 aliphatic rings. The number of amides is 1. The molecule has 1 aromatic rings. The summed E-state index contributed by atoms with van der Waals surface area (Å²) in [6.07, 6.45) is 2.78. The van der Waals surface area contributed by atoms with Crippen LogP contribution in [0.1, 0.15) is 44.2 Å². The second-order valence-corrected chi connectivity index (χ2v) is 6.72. The van der Waals surface area contributed by atoms with Crippen molar-refractivity contribution >= 4 is 11.9 Å². The zero-order valence-corrected chi connectivity index (χ0v) is 15.1. The van der Waals surface area contributed by atoms with E-state index in [1.54, 1.807) is 7.05 Å². The van der Waals surface area contributed by atoms with Crippen LogP contribution in [0.15, 0.2) is 29.3 Å². The van der Waals surface area contributed by atoms with Crippen LogP contribution < -0.4 is 10.6 Å². The summed E-state index contributed by atoms with van der Waals surface area (Å²) >= 11 is 0. The van der Waals surface area contributed by atoms with Crippen LogP contribution in [0.5, 0.6) is 0 Å².